The molecule has 0 saturated carbocycles. The monoisotopic (exact) mass is 570 g/mol. The average Bonchev–Trinajstić information content (AvgIpc) is 3.56. The molecule has 13 heteroatoms. The third kappa shape index (κ3) is 8.68. The fraction of sp³-hybridized carbons (Fsp3) is 0.536. The van der Waals surface area contributed by atoms with Crippen molar-refractivity contribution >= 4 is 40.6 Å². The van der Waals surface area contributed by atoms with Crippen LogP contribution in [0.2, 0.25) is 0 Å². The number of guanidine groups is 1. The van der Waals surface area contributed by atoms with Crippen LogP contribution in [0.15, 0.2) is 35.5 Å². The van der Waals surface area contributed by atoms with Gasteiger partial charge in [0.1, 0.15) is 18.1 Å². The van der Waals surface area contributed by atoms with Crippen molar-refractivity contribution in [3.63, 3.8) is 0 Å². The number of hydrogen-bond acceptors (Lipinski definition) is 6. The molecule has 2 heterocycles. The summed E-state index contributed by atoms with van der Waals surface area (Å²) in [5, 5.41) is 15.9. The molecule has 2 aromatic rings. The van der Waals surface area contributed by atoms with Crippen molar-refractivity contribution in [1.82, 2.24) is 20.5 Å². The molecule has 1 aromatic heterocycles. The molecule has 224 valence electrons. The van der Waals surface area contributed by atoms with Gasteiger partial charge in [0.05, 0.1) is 6.04 Å². The lowest BCUT2D eigenvalue weighted by molar-refractivity contribution is -0.143. The van der Waals surface area contributed by atoms with Crippen molar-refractivity contribution in [2.24, 2.45) is 28.1 Å². The number of H-pyrrole nitrogens is 1. The third-order valence-electron chi connectivity index (χ3n) is 7.17. The lowest BCUT2D eigenvalue weighted by Gasteiger charge is -2.29. The number of carboxylic acid groups (broad SMARTS) is 1. The first-order valence-electron chi connectivity index (χ1n) is 14.0. The van der Waals surface area contributed by atoms with E-state index in [9.17, 15) is 24.3 Å². The first-order chi connectivity index (χ1) is 19.5. The number of amides is 3. The Morgan fingerprint density at radius 1 is 1.15 bits per heavy atom. The molecule has 4 unspecified atom stereocenters. The number of benzene rings is 1. The molecular weight excluding hydrogens is 528 g/mol. The van der Waals surface area contributed by atoms with Gasteiger partial charge in [-0.05, 0) is 56.1 Å². The Labute approximate surface area is 239 Å². The molecule has 3 amide bonds. The smallest absolute Gasteiger partial charge is 0.326 e. The summed E-state index contributed by atoms with van der Waals surface area (Å²) in [7, 11) is 0. The number of carbonyl (C=O) groups excluding carboxylic acids is 3. The normalized spacial score (nSPS) is 17.2. The number of carboxylic acids is 1. The van der Waals surface area contributed by atoms with E-state index >= 15 is 0 Å². The van der Waals surface area contributed by atoms with E-state index in [-0.39, 0.29) is 30.8 Å². The quantitative estimate of drug-likeness (QED) is 0.0940. The van der Waals surface area contributed by atoms with Crippen molar-refractivity contribution in [3.05, 3.63) is 36.0 Å². The fourth-order valence-corrected chi connectivity index (χ4v) is 5.14. The molecule has 0 bridgehead atoms. The highest BCUT2D eigenvalue weighted by atomic mass is 16.4. The largest absolute Gasteiger partial charge is 0.480 e. The lowest BCUT2D eigenvalue weighted by atomic mass is 10.0. The van der Waals surface area contributed by atoms with E-state index < -0.39 is 42.0 Å². The Bertz CT molecular complexity index is 1260. The maximum absolute atomic E-state index is 13.4. The number of aromatic nitrogens is 1. The zero-order chi connectivity index (χ0) is 30.1. The number of aromatic amines is 1. The second-order valence-corrected chi connectivity index (χ2v) is 10.9. The molecule has 0 spiro atoms. The highest BCUT2D eigenvalue weighted by Gasteiger charge is 2.38. The predicted octanol–water partition coefficient (Wildman–Crippen LogP) is 0.183. The SMILES string of the molecule is CC(C)CC(NC(=O)C1CCCN1C(=O)C(N)Cc1c[nH]c2ccccc12)C(=O)NC(CCCN=C(N)N)C(=O)O. The molecule has 4 atom stereocenters. The number of nitrogens with zero attached hydrogens (tertiary/aromatic N) is 2. The van der Waals surface area contributed by atoms with E-state index in [2.05, 4.69) is 20.6 Å². The van der Waals surface area contributed by atoms with Crippen molar-refractivity contribution < 1.29 is 24.3 Å². The van der Waals surface area contributed by atoms with Crippen molar-refractivity contribution in [2.75, 3.05) is 13.1 Å². The van der Waals surface area contributed by atoms with Crippen LogP contribution in [0.5, 0.6) is 0 Å². The second-order valence-electron chi connectivity index (χ2n) is 10.9. The number of aliphatic carboxylic acids is 1. The topological polar surface area (TPSA) is 222 Å². The van der Waals surface area contributed by atoms with Gasteiger partial charge in [0.15, 0.2) is 5.96 Å². The second kappa shape index (κ2) is 14.5. The summed E-state index contributed by atoms with van der Waals surface area (Å²) in [5.74, 6) is -2.66. The number of nitrogens with one attached hydrogen (secondary N) is 3. The van der Waals surface area contributed by atoms with Gasteiger partial charge in [-0.1, -0.05) is 32.0 Å². The van der Waals surface area contributed by atoms with E-state index in [1.807, 2.05) is 44.3 Å². The Balaban J connectivity index is 1.64. The standard InChI is InChI=1S/C28H42N8O5/c1-16(2)13-22(24(37)34-21(27(40)41)9-5-11-32-28(30)31)35-25(38)23-10-6-12-36(23)26(39)19(29)14-17-15-33-20-8-4-3-7-18(17)20/h3-4,7-8,15-16,19,21-23,33H,5-6,9-14,29H2,1-2H3,(H,34,37)(H,35,38)(H,40,41)(H4,30,31,32). The van der Waals surface area contributed by atoms with Crippen LogP contribution in [0, 0.1) is 5.92 Å². The van der Waals surface area contributed by atoms with E-state index in [0.29, 0.717) is 38.6 Å². The molecule has 13 nitrogen and oxygen atoms in total. The van der Waals surface area contributed by atoms with Crippen LogP contribution in [-0.4, -0.2) is 81.9 Å². The van der Waals surface area contributed by atoms with Gasteiger partial charge < -0.3 is 42.8 Å². The number of para-hydroxylation sites is 1. The minimum Gasteiger partial charge on any atom is -0.480 e. The highest BCUT2D eigenvalue weighted by Crippen LogP contribution is 2.22. The van der Waals surface area contributed by atoms with Gasteiger partial charge in [-0.15, -0.1) is 0 Å². The predicted molar refractivity (Wildman–Crippen MR) is 156 cm³/mol. The van der Waals surface area contributed by atoms with Crippen LogP contribution in [0.3, 0.4) is 0 Å². The van der Waals surface area contributed by atoms with Crippen molar-refractivity contribution in [1.29, 1.82) is 0 Å². The van der Waals surface area contributed by atoms with Crippen LogP contribution in [0.4, 0.5) is 0 Å². The molecule has 1 aliphatic rings. The van der Waals surface area contributed by atoms with E-state index in [1.165, 1.54) is 4.90 Å². The summed E-state index contributed by atoms with van der Waals surface area (Å²) in [5.41, 5.74) is 18.8. The van der Waals surface area contributed by atoms with Crippen LogP contribution in [0.1, 0.15) is 51.5 Å². The van der Waals surface area contributed by atoms with Gasteiger partial charge in [0.25, 0.3) is 0 Å². The highest BCUT2D eigenvalue weighted by molar-refractivity contribution is 5.94. The average molecular weight is 571 g/mol. The zero-order valence-electron chi connectivity index (χ0n) is 23.6. The van der Waals surface area contributed by atoms with Crippen LogP contribution >= 0.6 is 0 Å². The molecule has 1 fully saturated rings. The molecule has 0 aliphatic carbocycles. The van der Waals surface area contributed by atoms with Gasteiger partial charge in [0.2, 0.25) is 17.7 Å². The Morgan fingerprint density at radius 3 is 2.56 bits per heavy atom. The summed E-state index contributed by atoms with van der Waals surface area (Å²) >= 11 is 0. The third-order valence-corrected chi connectivity index (χ3v) is 7.17. The molecule has 1 saturated heterocycles. The Kier molecular flexibility index (Phi) is 11.1. The molecule has 41 heavy (non-hydrogen) atoms. The number of hydrogen-bond donors (Lipinski definition) is 7. The van der Waals surface area contributed by atoms with E-state index in [4.69, 9.17) is 17.2 Å². The Hall–Kier alpha value is -4.13. The minimum absolute atomic E-state index is 0.0297. The molecule has 3 rings (SSSR count). The first kappa shape index (κ1) is 31.4. The Morgan fingerprint density at radius 2 is 1.88 bits per heavy atom. The maximum Gasteiger partial charge on any atom is 0.326 e. The number of nitrogens with two attached hydrogens (primary N) is 3. The number of aliphatic imine (C=N–C) groups is 1. The van der Waals surface area contributed by atoms with Crippen LogP contribution in [-0.2, 0) is 25.6 Å². The molecule has 1 aliphatic heterocycles. The molecular formula is C28H42N8O5. The summed E-state index contributed by atoms with van der Waals surface area (Å²) < 4.78 is 0. The minimum atomic E-state index is -1.20. The summed E-state index contributed by atoms with van der Waals surface area (Å²) in [6.45, 7) is 4.40. The number of likely N-dealkylation sites (tertiary alicyclic amines) is 1. The first-order valence-corrected chi connectivity index (χ1v) is 14.0. The number of carbonyl (C=O) groups is 4. The van der Waals surface area contributed by atoms with Crippen LogP contribution in [0.25, 0.3) is 10.9 Å². The maximum atomic E-state index is 13.4. The number of rotatable bonds is 14. The fourth-order valence-electron chi connectivity index (χ4n) is 5.14. The van der Waals surface area contributed by atoms with Crippen LogP contribution < -0.4 is 27.8 Å². The van der Waals surface area contributed by atoms with Gasteiger partial charge in [-0.25, -0.2) is 4.79 Å². The van der Waals surface area contributed by atoms with Crippen molar-refractivity contribution in [3.8, 4) is 0 Å². The van der Waals surface area contributed by atoms with Gasteiger partial charge in [-0.2, -0.15) is 0 Å². The van der Waals surface area contributed by atoms with Gasteiger partial charge >= 0.3 is 5.97 Å². The summed E-state index contributed by atoms with van der Waals surface area (Å²) in [4.78, 5) is 60.1. The molecule has 0 radical (unpaired) electrons. The van der Waals surface area contributed by atoms with E-state index in [0.717, 1.165) is 16.5 Å². The van der Waals surface area contributed by atoms with Gasteiger partial charge in [-0.3, -0.25) is 19.4 Å². The summed E-state index contributed by atoms with van der Waals surface area (Å²) in [6, 6.07) is 4.00. The van der Waals surface area contributed by atoms with Crippen molar-refractivity contribution in [2.45, 2.75) is 76.5 Å². The summed E-state index contributed by atoms with van der Waals surface area (Å²) in [6.07, 6.45) is 3.96. The lowest BCUT2D eigenvalue weighted by Crippen LogP contribution is -2.57. The zero-order valence-corrected chi connectivity index (χ0v) is 23.6. The molecule has 1 aromatic carbocycles. The van der Waals surface area contributed by atoms with Gasteiger partial charge in [0, 0.05) is 30.2 Å². The van der Waals surface area contributed by atoms with E-state index in [1.54, 1.807) is 0 Å². The number of fused-ring (bicyclic) bond motifs is 1. The molecule has 10 N–H and O–H groups in total.